The maximum Gasteiger partial charge on any atom is 0.219 e. The number of rotatable bonds is 6. The summed E-state index contributed by atoms with van der Waals surface area (Å²) in [5.41, 5.74) is 1.19. The third-order valence-electron chi connectivity index (χ3n) is 3.00. The van der Waals surface area contributed by atoms with Crippen molar-refractivity contribution in [2.24, 2.45) is 0 Å². The topological polar surface area (TPSA) is 34.2 Å². The van der Waals surface area contributed by atoms with Crippen molar-refractivity contribution >= 4 is 22.6 Å². The molecule has 1 N–H and O–H groups in total. The smallest absolute Gasteiger partial charge is 0.219 e. The molecule has 1 atom stereocenters. The molecule has 0 amide bonds. The molecule has 0 radical (unpaired) electrons. The van der Waals surface area contributed by atoms with Crippen LogP contribution in [0.5, 0.6) is 11.6 Å². The molecule has 1 unspecified atom stereocenters. The lowest BCUT2D eigenvalue weighted by Gasteiger charge is -2.14. The van der Waals surface area contributed by atoms with Crippen LogP contribution < -0.4 is 10.1 Å². The Bertz CT molecular complexity index is 542. The van der Waals surface area contributed by atoms with E-state index < -0.39 is 0 Å². The quantitative estimate of drug-likeness (QED) is 0.745. The van der Waals surface area contributed by atoms with Gasteiger partial charge in [-0.1, -0.05) is 6.92 Å². The summed E-state index contributed by atoms with van der Waals surface area (Å²) in [5.74, 6) is 1.44. The van der Waals surface area contributed by atoms with Gasteiger partial charge < -0.3 is 10.1 Å². The van der Waals surface area contributed by atoms with E-state index in [9.17, 15) is 0 Å². The second-order valence-corrected chi connectivity index (χ2v) is 5.90. The van der Waals surface area contributed by atoms with Gasteiger partial charge in [-0.3, -0.25) is 0 Å². The molecule has 106 valence electrons. The second-order valence-electron chi connectivity index (χ2n) is 4.66. The Morgan fingerprint density at radius 2 is 2.00 bits per heavy atom. The SMILES string of the molecule is CCCNC(C)c1ccnc(Oc2ccc(I)cc2)c1. The van der Waals surface area contributed by atoms with Crippen molar-refractivity contribution in [3.05, 3.63) is 51.7 Å². The molecule has 0 aliphatic heterocycles. The highest BCUT2D eigenvalue weighted by Crippen LogP contribution is 2.23. The molecule has 4 heteroatoms. The monoisotopic (exact) mass is 382 g/mol. The van der Waals surface area contributed by atoms with E-state index in [1.165, 1.54) is 9.13 Å². The molecular formula is C16H19IN2O. The van der Waals surface area contributed by atoms with Crippen molar-refractivity contribution in [1.82, 2.24) is 10.3 Å². The third-order valence-corrected chi connectivity index (χ3v) is 3.71. The molecule has 0 saturated heterocycles. The van der Waals surface area contributed by atoms with E-state index in [-0.39, 0.29) is 0 Å². The average molecular weight is 382 g/mol. The molecule has 0 fully saturated rings. The summed E-state index contributed by atoms with van der Waals surface area (Å²) < 4.78 is 6.98. The number of benzene rings is 1. The van der Waals surface area contributed by atoms with Gasteiger partial charge >= 0.3 is 0 Å². The zero-order chi connectivity index (χ0) is 14.4. The highest BCUT2D eigenvalue weighted by Gasteiger charge is 2.06. The Morgan fingerprint density at radius 1 is 1.25 bits per heavy atom. The number of nitrogens with zero attached hydrogens (tertiary/aromatic N) is 1. The Labute approximate surface area is 133 Å². The minimum Gasteiger partial charge on any atom is -0.439 e. The zero-order valence-electron chi connectivity index (χ0n) is 11.8. The lowest BCUT2D eigenvalue weighted by Crippen LogP contribution is -2.19. The fourth-order valence-electron chi connectivity index (χ4n) is 1.85. The molecule has 20 heavy (non-hydrogen) atoms. The van der Waals surface area contributed by atoms with Gasteiger partial charge in [0.15, 0.2) is 0 Å². The summed E-state index contributed by atoms with van der Waals surface area (Å²) in [6.45, 7) is 5.33. The second kappa shape index (κ2) is 7.59. The molecule has 1 heterocycles. The van der Waals surface area contributed by atoms with Crippen LogP contribution in [0, 0.1) is 3.57 Å². The summed E-state index contributed by atoms with van der Waals surface area (Å²) >= 11 is 2.27. The zero-order valence-corrected chi connectivity index (χ0v) is 13.9. The minimum atomic E-state index is 0.303. The number of hydrogen-bond acceptors (Lipinski definition) is 3. The predicted octanol–water partition coefficient (Wildman–Crippen LogP) is 4.54. The van der Waals surface area contributed by atoms with Gasteiger partial charge in [-0.15, -0.1) is 0 Å². The third kappa shape index (κ3) is 4.45. The maximum absolute atomic E-state index is 5.79. The highest BCUT2D eigenvalue weighted by atomic mass is 127. The van der Waals surface area contributed by atoms with Crippen LogP contribution in [0.1, 0.15) is 31.9 Å². The largest absolute Gasteiger partial charge is 0.439 e. The van der Waals surface area contributed by atoms with Crippen LogP contribution in [-0.2, 0) is 0 Å². The molecule has 0 aliphatic rings. The summed E-state index contributed by atoms with van der Waals surface area (Å²) in [5, 5.41) is 3.46. The normalized spacial score (nSPS) is 12.2. The van der Waals surface area contributed by atoms with Crippen LogP contribution in [0.2, 0.25) is 0 Å². The van der Waals surface area contributed by atoms with Crippen LogP contribution in [0.25, 0.3) is 0 Å². The first-order valence-corrected chi connectivity index (χ1v) is 7.89. The molecule has 2 aromatic rings. The van der Waals surface area contributed by atoms with E-state index in [1.807, 2.05) is 36.4 Å². The molecule has 2 rings (SSSR count). The van der Waals surface area contributed by atoms with Crippen LogP contribution in [-0.4, -0.2) is 11.5 Å². The van der Waals surface area contributed by atoms with Crippen molar-refractivity contribution in [2.75, 3.05) is 6.54 Å². The number of ether oxygens (including phenoxy) is 1. The molecule has 1 aromatic heterocycles. The van der Waals surface area contributed by atoms with Crippen LogP contribution >= 0.6 is 22.6 Å². The summed E-state index contributed by atoms with van der Waals surface area (Å²) in [7, 11) is 0. The lowest BCUT2D eigenvalue weighted by atomic mass is 10.1. The van der Waals surface area contributed by atoms with Crippen LogP contribution in [0.3, 0.4) is 0 Å². The van der Waals surface area contributed by atoms with E-state index in [0.717, 1.165) is 18.7 Å². The Hall–Kier alpha value is -1.14. The first-order chi connectivity index (χ1) is 9.69. The fraction of sp³-hybridized carbons (Fsp3) is 0.312. The predicted molar refractivity (Wildman–Crippen MR) is 90.2 cm³/mol. The van der Waals surface area contributed by atoms with Gasteiger partial charge in [-0.25, -0.2) is 4.98 Å². The van der Waals surface area contributed by atoms with Crippen molar-refractivity contribution < 1.29 is 4.74 Å². The minimum absolute atomic E-state index is 0.303. The highest BCUT2D eigenvalue weighted by molar-refractivity contribution is 14.1. The molecule has 1 aromatic carbocycles. The summed E-state index contributed by atoms with van der Waals surface area (Å²) in [6, 6.07) is 12.3. The van der Waals surface area contributed by atoms with Crippen molar-refractivity contribution in [3.63, 3.8) is 0 Å². The van der Waals surface area contributed by atoms with E-state index in [0.29, 0.717) is 11.9 Å². The first-order valence-electron chi connectivity index (χ1n) is 6.82. The number of aromatic nitrogens is 1. The number of pyridine rings is 1. The Morgan fingerprint density at radius 3 is 2.70 bits per heavy atom. The van der Waals surface area contributed by atoms with Crippen molar-refractivity contribution in [1.29, 1.82) is 0 Å². The Balaban J connectivity index is 2.07. The van der Waals surface area contributed by atoms with E-state index in [2.05, 4.69) is 46.7 Å². The van der Waals surface area contributed by atoms with E-state index in [4.69, 9.17) is 4.74 Å². The van der Waals surface area contributed by atoms with Gasteiger partial charge in [0.2, 0.25) is 5.88 Å². The number of halogens is 1. The molecule has 0 aliphatic carbocycles. The number of hydrogen-bond donors (Lipinski definition) is 1. The summed E-state index contributed by atoms with van der Waals surface area (Å²) in [4.78, 5) is 4.27. The van der Waals surface area contributed by atoms with Gasteiger partial charge in [0, 0.05) is 21.9 Å². The first kappa shape index (κ1) is 15.3. The maximum atomic E-state index is 5.79. The van der Waals surface area contributed by atoms with Crippen LogP contribution in [0.15, 0.2) is 42.6 Å². The van der Waals surface area contributed by atoms with Gasteiger partial charge in [-0.2, -0.15) is 0 Å². The lowest BCUT2D eigenvalue weighted by molar-refractivity contribution is 0.460. The molecule has 0 bridgehead atoms. The molecule has 3 nitrogen and oxygen atoms in total. The molecular weight excluding hydrogens is 363 g/mol. The van der Waals surface area contributed by atoms with Crippen LogP contribution in [0.4, 0.5) is 0 Å². The van der Waals surface area contributed by atoms with E-state index in [1.54, 1.807) is 6.20 Å². The van der Waals surface area contributed by atoms with Gasteiger partial charge in [0.05, 0.1) is 0 Å². The van der Waals surface area contributed by atoms with Gasteiger partial charge in [0.1, 0.15) is 5.75 Å². The Kier molecular flexibility index (Phi) is 5.79. The van der Waals surface area contributed by atoms with Gasteiger partial charge in [0.25, 0.3) is 0 Å². The van der Waals surface area contributed by atoms with Crippen molar-refractivity contribution in [3.8, 4) is 11.6 Å². The average Bonchev–Trinajstić information content (AvgIpc) is 2.47. The summed E-state index contributed by atoms with van der Waals surface area (Å²) in [6.07, 6.45) is 2.92. The van der Waals surface area contributed by atoms with Gasteiger partial charge in [-0.05, 0) is 78.4 Å². The van der Waals surface area contributed by atoms with Crippen molar-refractivity contribution in [2.45, 2.75) is 26.3 Å². The fourth-order valence-corrected chi connectivity index (χ4v) is 2.21. The number of nitrogens with one attached hydrogen (secondary N) is 1. The molecule has 0 spiro atoms. The standard InChI is InChI=1S/C16H19IN2O/c1-3-9-18-12(2)13-8-10-19-16(11-13)20-15-6-4-14(17)5-7-15/h4-8,10-12,18H,3,9H2,1-2H3. The van der Waals surface area contributed by atoms with E-state index >= 15 is 0 Å². The molecule has 0 saturated carbocycles.